The fourth-order valence-electron chi connectivity index (χ4n) is 1.95. The van der Waals surface area contributed by atoms with E-state index < -0.39 is 4.92 Å². The maximum absolute atomic E-state index is 10.6. The number of nitro groups is 1. The minimum Gasteiger partial charge on any atom is -0.390 e. The van der Waals surface area contributed by atoms with Crippen molar-refractivity contribution in [2.75, 3.05) is 13.1 Å². The standard InChI is InChI=1S/C11H17N5O2/c1-9-3-5-15(6-4-9)13-8-10-7-12-11(14(10)2)16(17)18/h7-9H,3-6H2,1-2H3/b13-8-. The van der Waals surface area contributed by atoms with Crippen LogP contribution in [0.4, 0.5) is 5.95 Å². The van der Waals surface area contributed by atoms with Gasteiger partial charge in [-0.15, -0.1) is 0 Å². The summed E-state index contributed by atoms with van der Waals surface area (Å²) in [6.45, 7) is 4.13. The Hall–Kier alpha value is -1.92. The first-order valence-electron chi connectivity index (χ1n) is 6.03. The van der Waals surface area contributed by atoms with Gasteiger partial charge in [0.05, 0.1) is 13.3 Å². The number of hydrogen-bond donors (Lipinski definition) is 0. The number of nitrogens with zero attached hydrogens (tertiary/aromatic N) is 5. The van der Waals surface area contributed by atoms with E-state index in [4.69, 9.17) is 0 Å². The van der Waals surface area contributed by atoms with Crippen molar-refractivity contribution in [1.82, 2.24) is 14.6 Å². The zero-order chi connectivity index (χ0) is 13.1. The van der Waals surface area contributed by atoms with Crippen molar-refractivity contribution >= 4 is 12.2 Å². The number of rotatable bonds is 3. The summed E-state index contributed by atoms with van der Waals surface area (Å²) in [5.41, 5.74) is 0.639. The Balaban J connectivity index is 2.03. The summed E-state index contributed by atoms with van der Waals surface area (Å²) in [7, 11) is 1.62. The second kappa shape index (κ2) is 5.16. The minimum atomic E-state index is -0.500. The first-order valence-corrected chi connectivity index (χ1v) is 6.03. The number of aromatic nitrogens is 2. The van der Waals surface area contributed by atoms with Crippen molar-refractivity contribution in [2.45, 2.75) is 19.8 Å². The molecule has 0 bridgehead atoms. The predicted molar refractivity (Wildman–Crippen MR) is 67.4 cm³/mol. The molecule has 0 N–H and O–H groups in total. The lowest BCUT2D eigenvalue weighted by atomic mass is 10.0. The number of hydrazone groups is 1. The fraction of sp³-hybridized carbons (Fsp3) is 0.636. The van der Waals surface area contributed by atoms with Gasteiger partial charge in [0, 0.05) is 13.1 Å². The van der Waals surface area contributed by atoms with Gasteiger partial charge >= 0.3 is 5.95 Å². The Morgan fingerprint density at radius 3 is 2.78 bits per heavy atom. The SMILES string of the molecule is CC1CCN(/N=C\c2cnc([N+](=O)[O-])n2C)CC1. The highest BCUT2D eigenvalue weighted by molar-refractivity contribution is 5.77. The molecule has 1 saturated heterocycles. The van der Waals surface area contributed by atoms with Crippen LogP contribution in [0.25, 0.3) is 0 Å². The summed E-state index contributed by atoms with van der Waals surface area (Å²) in [6, 6.07) is 0. The lowest BCUT2D eigenvalue weighted by Gasteiger charge is -2.27. The molecule has 0 radical (unpaired) electrons. The summed E-state index contributed by atoms with van der Waals surface area (Å²) in [5.74, 6) is 0.595. The third-order valence-electron chi connectivity index (χ3n) is 3.28. The molecule has 1 aliphatic rings. The Labute approximate surface area is 105 Å². The van der Waals surface area contributed by atoms with Crippen LogP contribution in [0.1, 0.15) is 25.5 Å². The molecule has 98 valence electrons. The van der Waals surface area contributed by atoms with Crippen molar-refractivity contribution in [3.8, 4) is 0 Å². The van der Waals surface area contributed by atoms with Gasteiger partial charge in [-0.2, -0.15) is 5.10 Å². The Morgan fingerprint density at radius 1 is 1.56 bits per heavy atom. The summed E-state index contributed by atoms with van der Waals surface area (Å²) >= 11 is 0. The molecule has 7 heteroatoms. The predicted octanol–water partition coefficient (Wildman–Crippen LogP) is 1.39. The Bertz CT molecular complexity index is 460. The van der Waals surface area contributed by atoms with Gasteiger partial charge in [0.25, 0.3) is 0 Å². The first-order chi connectivity index (χ1) is 8.58. The number of hydrogen-bond acceptors (Lipinski definition) is 5. The van der Waals surface area contributed by atoms with Gasteiger partial charge in [-0.05, 0) is 23.7 Å². The van der Waals surface area contributed by atoms with Crippen LogP contribution in [0, 0.1) is 16.0 Å². The summed E-state index contributed by atoms with van der Waals surface area (Å²) in [4.78, 5) is 13.9. The summed E-state index contributed by atoms with van der Waals surface area (Å²) in [6.07, 6.45) is 5.38. The van der Waals surface area contributed by atoms with Crippen LogP contribution in [-0.2, 0) is 7.05 Å². The summed E-state index contributed by atoms with van der Waals surface area (Å²) < 4.78 is 1.43. The molecule has 1 aliphatic heterocycles. The second-order valence-corrected chi connectivity index (χ2v) is 4.68. The van der Waals surface area contributed by atoms with Gasteiger partial charge < -0.3 is 10.1 Å². The number of imidazole rings is 1. The maximum Gasteiger partial charge on any atom is 0.434 e. The van der Waals surface area contributed by atoms with Gasteiger partial charge in [-0.25, -0.2) is 4.57 Å². The third-order valence-corrected chi connectivity index (χ3v) is 3.28. The Kier molecular flexibility index (Phi) is 3.59. The molecule has 0 saturated carbocycles. The molecule has 0 atom stereocenters. The van der Waals surface area contributed by atoms with E-state index in [-0.39, 0.29) is 5.95 Å². The minimum absolute atomic E-state index is 0.163. The monoisotopic (exact) mass is 251 g/mol. The van der Waals surface area contributed by atoms with Crippen LogP contribution in [0.15, 0.2) is 11.3 Å². The molecule has 2 heterocycles. The van der Waals surface area contributed by atoms with Crippen LogP contribution in [0.3, 0.4) is 0 Å². The topological polar surface area (TPSA) is 76.6 Å². The van der Waals surface area contributed by atoms with Gasteiger partial charge in [0.2, 0.25) is 0 Å². The van der Waals surface area contributed by atoms with Crippen LogP contribution >= 0.6 is 0 Å². The molecule has 7 nitrogen and oxygen atoms in total. The van der Waals surface area contributed by atoms with Crippen LogP contribution in [-0.4, -0.2) is 38.8 Å². The molecule has 0 spiro atoms. The number of piperidine rings is 1. The molecular formula is C11H17N5O2. The van der Waals surface area contributed by atoms with Gasteiger partial charge in [-0.3, -0.25) is 5.01 Å². The van der Waals surface area contributed by atoms with Crippen molar-refractivity contribution < 1.29 is 4.92 Å². The van der Waals surface area contributed by atoms with E-state index in [0.29, 0.717) is 5.69 Å². The molecule has 0 aliphatic carbocycles. The third kappa shape index (κ3) is 2.66. The van der Waals surface area contributed by atoms with Crippen molar-refractivity contribution in [3.63, 3.8) is 0 Å². The van der Waals surface area contributed by atoms with Crippen molar-refractivity contribution in [2.24, 2.45) is 18.1 Å². The maximum atomic E-state index is 10.6. The zero-order valence-corrected chi connectivity index (χ0v) is 10.6. The molecule has 2 rings (SSSR count). The normalized spacial score (nSPS) is 17.6. The fourth-order valence-corrected chi connectivity index (χ4v) is 1.95. The van der Waals surface area contributed by atoms with E-state index in [1.807, 2.05) is 5.01 Å². The van der Waals surface area contributed by atoms with E-state index >= 15 is 0 Å². The molecule has 18 heavy (non-hydrogen) atoms. The van der Waals surface area contributed by atoms with Gasteiger partial charge in [0.1, 0.15) is 6.20 Å². The molecule has 1 aromatic rings. The van der Waals surface area contributed by atoms with Crippen LogP contribution in [0.2, 0.25) is 0 Å². The van der Waals surface area contributed by atoms with E-state index in [1.54, 1.807) is 13.3 Å². The highest BCUT2D eigenvalue weighted by Crippen LogP contribution is 2.16. The molecule has 0 unspecified atom stereocenters. The zero-order valence-electron chi connectivity index (χ0n) is 10.6. The highest BCUT2D eigenvalue weighted by atomic mass is 16.6. The molecular weight excluding hydrogens is 234 g/mol. The largest absolute Gasteiger partial charge is 0.434 e. The Morgan fingerprint density at radius 2 is 2.22 bits per heavy atom. The van der Waals surface area contributed by atoms with Gasteiger partial charge in [-0.1, -0.05) is 11.9 Å². The lowest BCUT2D eigenvalue weighted by molar-refractivity contribution is -0.396. The molecule has 0 amide bonds. The second-order valence-electron chi connectivity index (χ2n) is 4.68. The average molecular weight is 251 g/mol. The quantitative estimate of drug-likeness (QED) is 0.462. The van der Waals surface area contributed by atoms with E-state index in [2.05, 4.69) is 17.0 Å². The van der Waals surface area contributed by atoms with Crippen molar-refractivity contribution in [3.05, 3.63) is 22.0 Å². The highest BCUT2D eigenvalue weighted by Gasteiger charge is 2.17. The average Bonchev–Trinajstić information content (AvgIpc) is 2.70. The van der Waals surface area contributed by atoms with Gasteiger partial charge in [0.15, 0.2) is 5.69 Å². The van der Waals surface area contributed by atoms with Crippen molar-refractivity contribution in [1.29, 1.82) is 0 Å². The van der Waals surface area contributed by atoms with E-state index in [0.717, 1.165) is 31.8 Å². The molecule has 1 fully saturated rings. The van der Waals surface area contributed by atoms with E-state index in [1.165, 1.54) is 10.8 Å². The van der Waals surface area contributed by atoms with Crippen LogP contribution < -0.4 is 0 Å². The van der Waals surface area contributed by atoms with E-state index in [9.17, 15) is 10.1 Å². The lowest BCUT2D eigenvalue weighted by Crippen LogP contribution is -2.28. The summed E-state index contributed by atoms with van der Waals surface area (Å²) in [5, 5.41) is 17.0. The first kappa shape index (κ1) is 12.5. The van der Waals surface area contributed by atoms with Crippen LogP contribution in [0.5, 0.6) is 0 Å². The molecule has 1 aromatic heterocycles. The smallest absolute Gasteiger partial charge is 0.390 e. The molecule has 0 aromatic carbocycles.